The van der Waals surface area contributed by atoms with Crippen LogP contribution in [0.3, 0.4) is 0 Å². The van der Waals surface area contributed by atoms with E-state index < -0.39 is 10.8 Å². The summed E-state index contributed by atoms with van der Waals surface area (Å²) in [6.07, 6.45) is 0. The molecule has 66 valence electrons. The first-order chi connectivity index (χ1) is 5.61. The molecule has 0 heterocycles. The topological polar surface area (TPSA) is 17.1 Å². The highest BCUT2D eigenvalue weighted by Gasteiger charge is 2.06. The molecule has 3 heteroatoms. The second-order valence-corrected chi connectivity index (χ2v) is 5.72. The Bertz CT molecular complexity index is 279. The van der Waals surface area contributed by atoms with Gasteiger partial charge in [0.2, 0.25) is 0 Å². The largest absolute Gasteiger partial charge is 0.254 e. The van der Waals surface area contributed by atoms with E-state index in [4.69, 9.17) is 0 Å². The van der Waals surface area contributed by atoms with Crippen molar-refractivity contribution in [3.8, 4) is 0 Å². The Hall–Kier alpha value is -0.150. The van der Waals surface area contributed by atoms with Gasteiger partial charge < -0.3 is 0 Å². The van der Waals surface area contributed by atoms with E-state index in [1.165, 1.54) is 0 Å². The summed E-state index contributed by atoms with van der Waals surface area (Å²) in [6.45, 7) is 3.91. The quantitative estimate of drug-likeness (QED) is 0.785. The lowest BCUT2D eigenvalue weighted by molar-refractivity contribution is 0.676. The third-order valence-electron chi connectivity index (χ3n) is 1.47. The zero-order chi connectivity index (χ0) is 9.14. The minimum absolute atomic E-state index is 0.186. The first-order valence-corrected chi connectivity index (χ1v) is 5.78. The highest BCUT2D eigenvalue weighted by Crippen LogP contribution is 2.15. The molecule has 1 aromatic rings. The summed E-state index contributed by atoms with van der Waals surface area (Å²) < 4.78 is 12.6. The van der Waals surface area contributed by atoms with Crippen LogP contribution in [0.2, 0.25) is 0 Å². The van der Waals surface area contributed by atoms with Crippen LogP contribution in [0.1, 0.15) is 13.8 Å². The molecular weight excluding hydrogens is 236 g/mol. The zero-order valence-electron chi connectivity index (χ0n) is 7.08. The summed E-state index contributed by atoms with van der Waals surface area (Å²) in [6, 6.07) is 7.60. The van der Waals surface area contributed by atoms with Crippen molar-refractivity contribution in [2.45, 2.75) is 24.0 Å². The Kier molecular flexibility index (Phi) is 3.47. The fraction of sp³-hybridized carbons (Fsp3) is 0.333. The monoisotopic (exact) mass is 246 g/mol. The van der Waals surface area contributed by atoms with Crippen LogP contribution in [0.5, 0.6) is 0 Å². The molecule has 0 aromatic heterocycles. The van der Waals surface area contributed by atoms with Gasteiger partial charge in [-0.3, -0.25) is 4.21 Å². The Morgan fingerprint density at radius 1 is 1.25 bits per heavy atom. The van der Waals surface area contributed by atoms with Crippen LogP contribution in [0.25, 0.3) is 0 Å². The number of halogens is 1. The summed E-state index contributed by atoms with van der Waals surface area (Å²) >= 11 is 3.33. The summed E-state index contributed by atoms with van der Waals surface area (Å²) in [5.74, 6) is 0. The van der Waals surface area contributed by atoms with Crippen LogP contribution < -0.4 is 0 Å². The molecule has 0 aliphatic rings. The van der Waals surface area contributed by atoms with Crippen LogP contribution in [0, 0.1) is 0 Å². The third kappa shape index (κ3) is 2.42. The molecule has 0 unspecified atom stereocenters. The predicted octanol–water partition coefficient (Wildman–Crippen LogP) is 2.97. The van der Waals surface area contributed by atoms with Gasteiger partial charge >= 0.3 is 0 Å². The Morgan fingerprint density at radius 2 is 1.75 bits per heavy atom. The van der Waals surface area contributed by atoms with Gasteiger partial charge in [-0.25, -0.2) is 0 Å². The van der Waals surface area contributed by atoms with E-state index in [0.717, 1.165) is 9.37 Å². The number of benzene rings is 1. The van der Waals surface area contributed by atoms with Crippen molar-refractivity contribution in [1.82, 2.24) is 0 Å². The van der Waals surface area contributed by atoms with E-state index in [2.05, 4.69) is 15.9 Å². The zero-order valence-corrected chi connectivity index (χ0v) is 9.48. The van der Waals surface area contributed by atoms with E-state index in [-0.39, 0.29) is 5.25 Å². The van der Waals surface area contributed by atoms with E-state index in [0.29, 0.717) is 0 Å². The Balaban J connectivity index is 2.90. The van der Waals surface area contributed by atoms with E-state index in [1.54, 1.807) is 0 Å². The molecule has 1 aromatic carbocycles. The van der Waals surface area contributed by atoms with E-state index >= 15 is 0 Å². The summed E-state index contributed by atoms with van der Waals surface area (Å²) in [7, 11) is -0.864. The second kappa shape index (κ2) is 4.19. The molecule has 0 saturated carbocycles. The average Bonchev–Trinajstić information content (AvgIpc) is 2.04. The highest BCUT2D eigenvalue weighted by atomic mass is 79.9. The first kappa shape index (κ1) is 9.93. The smallest absolute Gasteiger partial charge is 0.0555 e. The van der Waals surface area contributed by atoms with Gasteiger partial charge in [0.15, 0.2) is 0 Å². The fourth-order valence-corrected chi connectivity index (χ4v) is 2.05. The van der Waals surface area contributed by atoms with Gasteiger partial charge in [0.25, 0.3) is 0 Å². The molecule has 1 rings (SSSR count). The number of hydrogen-bond donors (Lipinski definition) is 0. The maximum Gasteiger partial charge on any atom is 0.0555 e. The normalized spacial score (nSPS) is 13.3. The average molecular weight is 247 g/mol. The first-order valence-electron chi connectivity index (χ1n) is 3.77. The van der Waals surface area contributed by atoms with Crippen molar-refractivity contribution in [1.29, 1.82) is 0 Å². The SMILES string of the molecule is CC(C)[S@](=O)c1ccc(Br)cc1. The molecule has 0 aliphatic carbocycles. The van der Waals surface area contributed by atoms with Crippen molar-refractivity contribution < 1.29 is 4.21 Å². The van der Waals surface area contributed by atoms with Gasteiger partial charge in [0.05, 0.1) is 10.8 Å². The molecule has 0 N–H and O–H groups in total. The molecule has 1 atom stereocenters. The number of rotatable bonds is 2. The molecule has 0 bridgehead atoms. The number of hydrogen-bond acceptors (Lipinski definition) is 1. The van der Waals surface area contributed by atoms with Crippen molar-refractivity contribution in [2.75, 3.05) is 0 Å². The lowest BCUT2D eigenvalue weighted by Crippen LogP contribution is -2.05. The van der Waals surface area contributed by atoms with Gasteiger partial charge in [0.1, 0.15) is 0 Å². The molecule has 1 nitrogen and oxygen atoms in total. The van der Waals surface area contributed by atoms with Crippen molar-refractivity contribution >= 4 is 26.7 Å². The van der Waals surface area contributed by atoms with E-state index in [1.807, 2.05) is 38.1 Å². The van der Waals surface area contributed by atoms with Crippen LogP contribution in [-0.4, -0.2) is 9.46 Å². The molecule has 0 amide bonds. The van der Waals surface area contributed by atoms with Gasteiger partial charge in [-0.1, -0.05) is 29.8 Å². The van der Waals surface area contributed by atoms with E-state index in [9.17, 15) is 4.21 Å². The Morgan fingerprint density at radius 3 is 2.17 bits per heavy atom. The Labute approximate surface area is 83.8 Å². The minimum Gasteiger partial charge on any atom is -0.254 e. The highest BCUT2D eigenvalue weighted by molar-refractivity contribution is 9.10. The lowest BCUT2D eigenvalue weighted by Gasteiger charge is -2.04. The summed E-state index contributed by atoms with van der Waals surface area (Å²) in [5, 5.41) is 0.186. The van der Waals surface area contributed by atoms with Crippen molar-refractivity contribution in [2.24, 2.45) is 0 Å². The van der Waals surface area contributed by atoms with Gasteiger partial charge in [-0.15, -0.1) is 0 Å². The maximum absolute atomic E-state index is 11.6. The second-order valence-electron chi connectivity index (χ2n) is 2.80. The van der Waals surface area contributed by atoms with Crippen molar-refractivity contribution in [3.05, 3.63) is 28.7 Å². The fourth-order valence-electron chi connectivity index (χ4n) is 0.841. The third-order valence-corrected chi connectivity index (χ3v) is 3.60. The molecule has 0 aliphatic heterocycles. The molecule has 0 fully saturated rings. The van der Waals surface area contributed by atoms with Crippen LogP contribution in [0.15, 0.2) is 33.6 Å². The molecule has 12 heavy (non-hydrogen) atoms. The van der Waals surface area contributed by atoms with Crippen LogP contribution in [-0.2, 0) is 10.8 Å². The minimum atomic E-state index is -0.864. The summed E-state index contributed by atoms with van der Waals surface area (Å²) in [4.78, 5) is 0.896. The van der Waals surface area contributed by atoms with Gasteiger partial charge in [-0.05, 0) is 24.3 Å². The maximum atomic E-state index is 11.6. The molecule has 0 radical (unpaired) electrons. The molecular formula is C9H11BrOS. The summed E-state index contributed by atoms with van der Waals surface area (Å²) in [5.41, 5.74) is 0. The van der Waals surface area contributed by atoms with Gasteiger partial charge in [0, 0.05) is 14.6 Å². The van der Waals surface area contributed by atoms with Crippen molar-refractivity contribution in [3.63, 3.8) is 0 Å². The van der Waals surface area contributed by atoms with Crippen LogP contribution >= 0.6 is 15.9 Å². The molecule has 0 spiro atoms. The standard InChI is InChI=1S/C9H11BrOS/c1-7(2)12(11)9-5-3-8(10)4-6-9/h3-7H,1-2H3/t12-/m0/s1. The van der Waals surface area contributed by atoms with Crippen LogP contribution in [0.4, 0.5) is 0 Å². The molecule has 0 saturated heterocycles. The lowest BCUT2D eigenvalue weighted by atomic mass is 10.4. The predicted molar refractivity (Wildman–Crippen MR) is 55.7 cm³/mol. The van der Waals surface area contributed by atoms with Gasteiger partial charge in [-0.2, -0.15) is 0 Å².